The summed E-state index contributed by atoms with van der Waals surface area (Å²) in [5.74, 6) is -1.99. The molecule has 0 saturated heterocycles. The zero-order valence-corrected chi connectivity index (χ0v) is 23.8. The predicted octanol–water partition coefficient (Wildman–Crippen LogP) is 3.33. The van der Waals surface area contributed by atoms with E-state index in [9.17, 15) is 22.8 Å². The fourth-order valence-corrected chi connectivity index (χ4v) is 4.45. The maximum absolute atomic E-state index is 13.1. The van der Waals surface area contributed by atoms with E-state index in [1.807, 2.05) is 0 Å². The number of rotatable bonds is 10. The Morgan fingerprint density at radius 3 is 1.87 bits per heavy atom. The molecule has 0 aromatic heterocycles. The average Bonchev–Trinajstić information content (AvgIpc) is 2.80. The number of amides is 1. The smallest absolute Gasteiger partial charge is 0.324 e. The quantitative estimate of drug-likeness (QED) is 0.194. The summed E-state index contributed by atoms with van der Waals surface area (Å²) in [6.45, 7) is 10.0. The molecule has 11 nitrogen and oxygen atoms in total. The van der Waals surface area contributed by atoms with E-state index in [-0.39, 0.29) is 29.1 Å². The summed E-state index contributed by atoms with van der Waals surface area (Å²) in [5, 5.41) is 10.1. The Bertz CT molecular complexity index is 1310. The number of anilines is 1. The number of carbonyl (C=O) groups excluding carboxylic acids is 3. The average molecular weight is 561 g/mol. The topological polar surface area (TPSA) is 178 Å². The van der Waals surface area contributed by atoms with Gasteiger partial charge in [0.2, 0.25) is 10.0 Å². The van der Waals surface area contributed by atoms with Crippen molar-refractivity contribution in [1.82, 2.24) is 4.72 Å². The van der Waals surface area contributed by atoms with Crippen LogP contribution in [-0.2, 0) is 29.1 Å². The molecule has 0 aliphatic heterocycles. The van der Waals surface area contributed by atoms with E-state index >= 15 is 0 Å². The van der Waals surface area contributed by atoms with Crippen molar-refractivity contribution < 1.29 is 32.3 Å². The number of nitrogens with one attached hydrogen (secondary N) is 3. The lowest BCUT2D eigenvalue weighted by Crippen LogP contribution is -2.44. The SMILES string of the molecule is CC(C)(C)OC(=O)CCC(NS(=O)(=O)c1ccc(C(=O)Nc2ccc(C(=N)N)cc2)cc1)C(=O)OC(C)(C)C. The van der Waals surface area contributed by atoms with Crippen LogP contribution in [0.25, 0.3) is 0 Å². The van der Waals surface area contributed by atoms with Gasteiger partial charge in [0.1, 0.15) is 23.1 Å². The Morgan fingerprint density at radius 1 is 0.872 bits per heavy atom. The molecule has 39 heavy (non-hydrogen) atoms. The summed E-state index contributed by atoms with van der Waals surface area (Å²) in [5.41, 5.74) is 4.98. The molecular formula is C27H36N4O7S. The maximum Gasteiger partial charge on any atom is 0.324 e. The first-order valence-corrected chi connectivity index (χ1v) is 13.7. The fourth-order valence-electron chi connectivity index (χ4n) is 3.23. The summed E-state index contributed by atoms with van der Waals surface area (Å²) < 4.78 is 39.1. The van der Waals surface area contributed by atoms with Crippen molar-refractivity contribution in [2.45, 2.75) is 76.5 Å². The van der Waals surface area contributed by atoms with Crippen molar-refractivity contribution in [2.24, 2.45) is 5.73 Å². The molecule has 2 aromatic rings. The second kappa shape index (κ2) is 12.4. The minimum Gasteiger partial charge on any atom is -0.460 e. The van der Waals surface area contributed by atoms with Crippen molar-refractivity contribution in [1.29, 1.82) is 5.41 Å². The number of nitrogens with two attached hydrogens (primary N) is 1. The number of hydrogen-bond donors (Lipinski definition) is 4. The van der Waals surface area contributed by atoms with Gasteiger partial charge in [-0.05, 0) is 96.5 Å². The number of hydrogen-bond acceptors (Lipinski definition) is 8. The third-order valence-electron chi connectivity index (χ3n) is 4.93. The zero-order chi connectivity index (χ0) is 29.6. The molecule has 0 fully saturated rings. The lowest BCUT2D eigenvalue weighted by molar-refractivity contribution is -0.158. The Balaban J connectivity index is 2.16. The maximum atomic E-state index is 13.1. The van der Waals surface area contributed by atoms with Crippen molar-refractivity contribution in [3.8, 4) is 0 Å². The molecule has 0 heterocycles. The van der Waals surface area contributed by atoms with Crippen LogP contribution in [0, 0.1) is 5.41 Å². The van der Waals surface area contributed by atoms with Gasteiger partial charge in [0, 0.05) is 23.2 Å². The van der Waals surface area contributed by atoms with Gasteiger partial charge in [-0.1, -0.05) is 0 Å². The number of esters is 2. The number of carbonyl (C=O) groups is 3. The van der Waals surface area contributed by atoms with Gasteiger partial charge in [0.25, 0.3) is 5.91 Å². The Hall–Kier alpha value is -3.77. The van der Waals surface area contributed by atoms with Crippen LogP contribution in [0.15, 0.2) is 53.4 Å². The second-order valence-electron chi connectivity index (χ2n) is 10.8. The van der Waals surface area contributed by atoms with Crippen LogP contribution < -0.4 is 15.8 Å². The standard InChI is InChI=1S/C27H36N4O7S/c1-26(2,3)37-22(32)16-15-21(25(34)38-27(4,5)6)31-39(35,36)20-13-9-18(10-14-20)24(33)30-19-11-7-17(8-12-19)23(28)29/h7-14,21,31H,15-16H2,1-6H3,(H3,28,29)(H,30,33). The minimum atomic E-state index is -4.22. The summed E-state index contributed by atoms with van der Waals surface area (Å²) in [6.07, 6.45) is -0.387. The molecule has 12 heteroatoms. The first kappa shape index (κ1) is 31.4. The molecule has 0 aliphatic rings. The van der Waals surface area contributed by atoms with Crippen LogP contribution in [0.4, 0.5) is 5.69 Å². The molecule has 0 saturated carbocycles. The molecule has 0 bridgehead atoms. The van der Waals surface area contributed by atoms with E-state index in [4.69, 9.17) is 20.6 Å². The summed E-state index contributed by atoms with van der Waals surface area (Å²) >= 11 is 0. The van der Waals surface area contributed by atoms with Gasteiger partial charge < -0.3 is 20.5 Å². The molecule has 0 aliphatic carbocycles. The number of amidine groups is 1. The molecule has 2 rings (SSSR count). The molecule has 1 unspecified atom stereocenters. The second-order valence-corrected chi connectivity index (χ2v) is 12.5. The number of nitrogen functional groups attached to an aromatic ring is 1. The largest absolute Gasteiger partial charge is 0.460 e. The van der Waals surface area contributed by atoms with Crippen LogP contribution in [0.5, 0.6) is 0 Å². The van der Waals surface area contributed by atoms with Gasteiger partial charge in [0.05, 0.1) is 4.90 Å². The van der Waals surface area contributed by atoms with Gasteiger partial charge in [-0.25, -0.2) is 8.42 Å². The summed E-state index contributed by atoms with van der Waals surface area (Å²) in [4.78, 5) is 37.4. The van der Waals surface area contributed by atoms with E-state index < -0.39 is 45.1 Å². The van der Waals surface area contributed by atoms with E-state index in [0.717, 1.165) is 0 Å². The highest BCUT2D eigenvalue weighted by molar-refractivity contribution is 7.89. The summed E-state index contributed by atoms with van der Waals surface area (Å²) in [7, 11) is -4.22. The third-order valence-corrected chi connectivity index (χ3v) is 6.41. The van der Waals surface area contributed by atoms with Crippen molar-refractivity contribution in [3.05, 3.63) is 59.7 Å². The van der Waals surface area contributed by atoms with E-state index in [1.54, 1.807) is 65.8 Å². The van der Waals surface area contributed by atoms with Crippen LogP contribution in [0.3, 0.4) is 0 Å². The van der Waals surface area contributed by atoms with Gasteiger partial charge in [0.15, 0.2) is 0 Å². The van der Waals surface area contributed by atoms with Gasteiger partial charge in [-0.3, -0.25) is 19.8 Å². The van der Waals surface area contributed by atoms with Gasteiger partial charge in [-0.15, -0.1) is 0 Å². The predicted molar refractivity (Wildman–Crippen MR) is 147 cm³/mol. The van der Waals surface area contributed by atoms with Crippen LogP contribution in [0.1, 0.15) is 70.3 Å². The van der Waals surface area contributed by atoms with E-state index in [0.29, 0.717) is 11.3 Å². The first-order chi connectivity index (χ1) is 17.9. The first-order valence-electron chi connectivity index (χ1n) is 12.2. The highest BCUT2D eigenvalue weighted by atomic mass is 32.2. The highest BCUT2D eigenvalue weighted by Crippen LogP contribution is 2.18. The molecular weight excluding hydrogens is 524 g/mol. The van der Waals surface area contributed by atoms with Crippen molar-refractivity contribution >= 4 is 39.4 Å². The van der Waals surface area contributed by atoms with Gasteiger partial charge in [-0.2, -0.15) is 4.72 Å². The van der Waals surface area contributed by atoms with E-state index in [2.05, 4.69) is 10.0 Å². The lowest BCUT2D eigenvalue weighted by atomic mass is 10.1. The molecule has 5 N–H and O–H groups in total. The number of benzene rings is 2. The Kier molecular flexibility index (Phi) is 9.99. The van der Waals surface area contributed by atoms with E-state index in [1.165, 1.54) is 24.3 Å². The molecule has 2 aromatic carbocycles. The molecule has 1 amide bonds. The fraction of sp³-hybridized carbons (Fsp3) is 0.407. The number of ether oxygens (including phenoxy) is 2. The highest BCUT2D eigenvalue weighted by Gasteiger charge is 2.31. The normalized spacial score (nSPS) is 12.8. The van der Waals surface area contributed by atoms with Crippen LogP contribution in [-0.4, -0.2) is 49.3 Å². The third kappa shape index (κ3) is 10.5. The molecule has 0 spiro atoms. The Morgan fingerprint density at radius 2 is 1.38 bits per heavy atom. The minimum absolute atomic E-state index is 0.1000. The van der Waals surface area contributed by atoms with Gasteiger partial charge >= 0.3 is 11.9 Å². The van der Waals surface area contributed by atoms with Crippen LogP contribution in [0.2, 0.25) is 0 Å². The molecule has 212 valence electrons. The zero-order valence-electron chi connectivity index (χ0n) is 23.0. The summed E-state index contributed by atoms with van der Waals surface area (Å²) in [6, 6.07) is 10.1. The Labute approximate surface area is 229 Å². The molecule has 0 radical (unpaired) electrons. The monoisotopic (exact) mass is 560 g/mol. The molecule has 1 atom stereocenters. The van der Waals surface area contributed by atoms with Crippen molar-refractivity contribution in [2.75, 3.05) is 5.32 Å². The van der Waals surface area contributed by atoms with Crippen molar-refractivity contribution in [3.63, 3.8) is 0 Å². The van der Waals surface area contributed by atoms with Crippen LogP contribution >= 0.6 is 0 Å². The lowest BCUT2D eigenvalue weighted by Gasteiger charge is -2.25. The number of sulfonamides is 1.